The standard InChI is InChI=1S/C12H14FN3O2/c1-18-11-3-2-9(12(13)6-11)7-16-8-10(4-5-17)14-15-16/h2-3,6,8,17H,4-5,7H2,1H3. The van der Waals surface area contributed by atoms with Gasteiger partial charge in [0.15, 0.2) is 0 Å². The highest BCUT2D eigenvalue weighted by Crippen LogP contribution is 2.16. The molecule has 18 heavy (non-hydrogen) atoms. The normalized spacial score (nSPS) is 10.6. The number of methoxy groups -OCH3 is 1. The second-order valence-electron chi connectivity index (χ2n) is 3.84. The van der Waals surface area contributed by atoms with Gasteiger partial charge in [0, 0.05) is 30.9 Å². The van der Waals surface area contributed by atoms with Gasteiger partial charge in [-0.3, -0.25) is 0 Å². The first-order valence-electron chi connectivity index (χ1n) is 5.55. The van der Waals surface area contributed by atoms with Gasteiger partial charge in [0.1, 0.15) is 11.6 Å². The van der Waals surface area contributed by atoms with Gasteiger partial charge >= 0.3 is 0 Å². The Bertz CT molecular complexity index is 528. The van der Waals surface area contributed by atoms with Crippen molar-refractivity contribution in [3.05, 3.63) is 41.5 Å². The van der Waals surface area contributed by atoms with E-state index in [1.54, 1.807) is 18.3 Å². The predicted octanol–water partition coefficient (Wildman–Crippen LogP) is 1.01. The first kappa shape index (κ1) is 12.5. The Kier molecular flexibility index (Phi) is 3.88. The maximum Gasteiger partial charge on any atom is 0.131 e. The van der Waals surface area contributed by atoms with E-state index in [1.807, 2.05) is 0 Å². The Hall–Kier alpha value is -1.95. The summed E-state index contributed by atoms with van der Waals surface area (Å²) in [5.74, 6) is 0.143. The van der Waals surface area contributed by atoms with Crippen molar-refractivity contribution >= 4 is 0 Å². The van der Waals surface area contributed by atoms with Crippen LogP contribution in [-0.2, 0) is 13.0 Å². The fourth-order valence-electron chi connectivity index (χ4n) is 1.60. The van der Waals surface area contributed by atoms with Crippen LogP contribution in [0.25, 0.3) is 0 Å². The summed E-state index contributed by atoms with van der Waals surface area (Å²) in [5, 5.41) is 16.5. The maximum absolute atomic E-state index is 13.7. The SMILES string of the molecule is COc1ccc(Cn2cc(CCO)nn2)c(F)c1. The number of hydrogen-bond donors (Lipinski definition) is 1. The third-order valence-corrected chi connectivity index (χ3v) is 2.55. The van der Waals surface area contributed by atoms with Crippen LogP contribution in [0.15, 0.2) is 24.4 Å². The maximum atomic E-state index is 13.7. The highest BCUT2D eigenvalue weighted by atomic mass is 19.1. The van der Waals surface area contributed by atoms with Gasteiger partial charge in [-0.1, -0.05) is 11.3 Å². The molecule has 0 unspecified atom stereocenters. The van der Waals surface area contributed by atoms with Crippen LogP contribution in [0.4, 0.5) is 4.39 Å². The lowest BCUT2D eigenvalue weighted by Gasteiger charge is -2.05. The van der Waals surface area contributed by atoms with Crippen molar-refractivity contribution < 1.29 is 14.2 Å². The highest BCUT2D eigenvalue weighted by molar-refractivity contribution is 5.28. The van der Waals surface area contributed by atoms with E-state index in [-0.39, 0.29) is 12.4 Å². The summed E-state index contributed by atoms with van der Waals surface area (Å²) in [6.45, 7) is 0.323. The van der Waals surface area contributed by atoms with E-state index in [2.05, 4.69) is 10.3 Å². The summed E-state index contributed by atoms with van der Waals surface area (Å²) in [6.07, 6.45) is 2.14. The molecule has 5 nitrogen and oxygen atoms in total. The number of aromatic nitrogens is 3. The Morgan fingerprint density at radius 2 is 2.28 bits per heavy atom. The van der Waals surface area contributed by atoms with Crippen molar-refractivity contribution in [3.8, 4) is 5.75 Å². The molecule has 96 valence electrons. The van der Waals surface area contributed by atoms with Crippen LogP contribution in [0, 0.1) is 5.82 Å². The number of rotatable bonds is 5. The fourth-order valence-corrected chi connectivity index (χ4v) is 1.60. The monoisotopic (exact) mass is 251 g/mol. The first-order valence-corrected chi connectivity index (χ1v) is 5.55. The Balaban J connectivity index is 2.12. The second kappa shape index (κ2) is 5.59. The molecule has 6 heteroatoms. The number of aliphatic hydroxyl groups excluding tert-OH is 1. The molecular weight excluding hydrogens is 237 g/mol. The molecule has 1 N–H and O–H groups in total. The lowest BCUT2D eigenvalue weighted by molar-refractivity contribution is 0.298. The van der Waals surface area contributed by atoms with Crippen molar-refractivity contribution in [3.63, 3.8) is 0 Å². The molecule has 0 atom stereocenters. The molecule has 0 fully saturated rings. The molecule has 2 aromatic rings. The third kappa shape index (κ3) is 2.84. The van der Waals surface area contributed by atoms with Crippen molar-refractivity contribution in [1.29, 1.82) is 0 Å². The van der Waals surface area contributed by atoms with Crippen LogP contribution in [-0.4, -0.2) is 33.8 Å². The number of nitrogens with zero attached hydrogens (tertiary/aromatic N) is 3. The Morgan fingerprint density at radius 1 is 1.44 bits per heavy atom. The Morgan fingerprint density at radius 3 is 2.94 bits per heavy atom. The molecule has 0 amide bonds. The summed E-state index contributed by atoms with van der Waals surface area (Å²) in [7, 11) is 1.49. The number of halogens is 1. The first-order chi connectivity index (χ1) is 8.72. The molecule has 0 aliphatic carbocycles. The molecule has 2 rings (SSSR count). The average Bonchev–Trinajstić information content (AvgIpc) is 2.80. The van der Waals surface area contributed by atoms with Gasteiger partial charge < -0.3 is 9.84 Å². The minimum Gasteiger partial charge on any atom is -0.497 e. The van der Waals surface area contributed by atoms with Crippen LogP contribution < -0.4 is 4.74 Å². The van der Waals surface area contributed by atoms with Gasteiger partial charge in [-0.25, -0.2) is 9.07 Å². The molecular formula is C12H14FN3O2. The van der Waals surface area contributed by atoms with Crippen molar-refractivity contribution in [2.45, 2.75) is 13.0 Å². The summed E-state index contributed by atoms with van der Waals surface area (Å²) in [4.78, 5) is 0. The molecule has 1 heterocycles. The highest BCUT2D eigenvalue weighted by Gasteiger charge is 2.06. The molecule has 1 aromatic carbocycles. The van der Waals surface area contributed by atoms with E-state index in [9.17, 15) is 4.39 Å². The average molecular weight is 251 g/mol. The lowest BCUT2D eigenvalue weighted by Crippen LogP contribution is -2.03. The molecule has 0 bridgehead atoms. The zero-order valence-electron chi connectivity index (χ0n) is 10.0. The molecule has 1 aromatic heterocycles. The van der Waals surface area contributed by atoms with E-state index >= 15 is 0 Å². The van der Waals surface area contributed by atoms with Crippen LogP contribution in [0.1, 0.15) is 11.3 Å². The van der Waals surface area contributed by atoms with E-state index in [0.29, 0.717) is 30.0 Å². The van der Waals surface area contributed by atoms with Gasteiger partial charge in [0.2, 0.25) is 0 Å². The summed E-state index contributed by atoms with van der Waals surface area (Å²) in [5.41, 5.74) is 1.20. The summed E-state index contributed by atoms with van der Waals surface area (Å²) >= 11 is 0. The molecule has 0 spiro atoms. The van der Waals surface area contributed by atoms with Crippen LogP contribution >= 0.6 is 0 Å². The van der Waals surface area contributed by atoms with Crippen molar-refractivity contribution in [2.24, 2.45) is 0 Å². The van der Waals surface area contributed by atoms with Crippen LogP contribution in [0.5, 0.6) is 5.75 Å². The zero-order valence-corrected chi connectivity index (χ0v) is 10.0. The minimum absolute atomic E-state index is 0.0234. The largest absolute Gasteiger partial charge is 0.497 e. The van der Waals surface area contributed by atoms with E-state index in [0.717, 1.165) is 0 Å². The van der Waals surface area contributed by atoms with Crippen LogP contribution in [0.2, 0.25) is 0 Å². The lowest BCUT2D eigenvalue weighted by atomic mass is 10.2. The van der Waals surface area contributed by atoms with E-state index < -0.39 is 0 Å². The van der Waals surface area contributed by atoms with Crippen LogP contribution in [0.3, 0.4) is 0 Å². The topological polar surface area (TPSA) is 60.2 Å². The number of benzene rings is 1. The molecule has 0 saturated carbocycles. The zero-order chi connectivity index (χ0) is 13.0. The second-order valence-corrected chi connectivity index (χ2v) is 3.84. The minimum atomic E-state index is -0.339. The third-order valence-electron chi connectivity index (χ3n) is 2.55. The number of aliphatic hydroxyl groups is 1. The van der Waals surface area contributed by atoms with Gasteiger partial charge in [-0.15, -0.1) is 5.10 Å². The smallest absolute Gasteiger partial charge is 0.131 e. The number of hydrogen-bond acceptors (Lipinski definition) is 4. The molecule has 0 aliphatic rings. The van der Waals surface area contributed by atoms with Gasteiger partial charge in [0.05, 0.1) is 19.3 Å². The van der Waals surface area contributed by atoms with E-state index in [4.69, 9.17) is 9.84 Å². The van der Waals surface area contributed by atoms with Gasteiger partial charge in [0.25, 0.3) is 0 Å². The molecule has 0 saturated heterocycles. The Labute approximate surface area is 104 Å². The number of ether oxygens (including phenoxy) is 1. The molecule has 0 radical (unpaired) electrons. The molecule has 0 aliphatic heterocycles. The fraction of sp³-hybridized carbons (Fsp3) is 0.333. The van der Waals surface area contributed by atoms with Crippen molar-refractivity contribution in [2.75, 3.05) is 13.7 Å². The van der Waals surface area contributed by atoms with E-state index in [1.165, 1.54) is 17.9 Å². The van der Waals surface area contributed by atoms with Gasteiger partial charge in [-0.2, -0.15) is 0 Å². The van der Waals surface area contributed by atoms with Gasteiger partial charge in [-0.05, 0) is 6.07 Å². The van der Waals surface area contributed by atoms with Crippen molar-refractivity contribution in [1.82, 2.24) is 15.0 Å². The quantitative estimate of drug-likeness (QED) is 0.861. The summed E-state index contributed by atoms with van der Waals surface area (Å²) < 4.78 is 20.2. The summed E-state index contributed by atoms with van der Waals surface area (Å²) in [6, 6.07) is 4.69. The predicted molar refractivity (Wildman–Crippen MR) is 62.9 cm³/mol.